The number of aliphatic carboxylic acids is 1. The Kier molecular flexibility index (Phi) is 7.17. The summed E-state index contributed by atoms with van der Waals surface area (Å²) >= 11 is 0. The summed E-state index contributed by atoms with van der Waals surface area (Å²) in [6, 6.07) is 8.01. The van der Waals surface area contributed by atoms with Crippen LogP contribution >= 0.6 is 0 Å². The minimum absolute atomic E-state index is 0.00375. The van der Waals surface area contributed by atoms with Gasteiger partial charge in [0.1, 0.15) is 4.90 Å². The topological polar surface area (TPSA) is 149 Å². The summed E-state index contributed by atoms with van der Waals surface area (Å²) in [5.41, 5.74) is 0.306. The van der Waals surface area contributed by atoms with Gasteiger partial charge in [0.15, 0.2) is 11.2 Å². The number of carbonyl (C=O) groups is 1. The van der Waals surface area contributed by atoms with Crippen LogP contribution in [-0.4, -0.2) is 73.7 Å². The number of pyridine rings is 3. The molecule has 44 heavy (non-hydrogen) atoms. The van der Waals surface area contributed by atoms with E-state index in [0.29, 0.717) is 28.1 Å². The Balaban J connectivity index is 1.45. The zero-order chi connectivity index (χ0) is 31.6. The second-order valence-electron chi connectivity index (χ2n) is 11.8. The Bertz CT molecular complexity index is 1890. The number of aromatic nitrogens is 5. The third-order valence-electron chi connectivity index (χ3n) is 8.38. The summed E-state index contributed by atoms with van der Waals surface area (Å²) in [6.45, 7) is 6.83. The van der Waals surface area contributed by atoms with Gasteiger partial charge in [-0.15, -0.1) is 10.2 Å². The highest BCUT2D eigenvalue weighted by molar-refractivity contribution is 7.89. The number of fused-ring (bicyclic) bond motifs is 2. The highest BCUT2D eigenvalue weighted by Gasteiger charge is 2.50. The summed E-state index contributed by atoms with van der Waals surface area (Å²) in [5, 5.41) is 17.9. The first-order valence-corrected chi connectivity index (χ1v) is 15.2. The van der Waals surface area contributed by atoms with Gasteiger partial charge in [0.25, 0.3) is 6.43 Å². The van der Waals surface area contributed by atoms with Crippen LogP contribution in [-0.2, 0) is 26.1 Å². The van der Waals surface area contributed by atoms with Crippen LogP contribution in [0.1, 0.15) is 60.1 Å². The predicted octanol–water partition coefficient (Wildman–Crippen LogP) is 3.67. The van der Waals surface area contributed by atoms with E-state index in [-0.39, 0.29) is 42.7 Å². The van der Waals surface area contributed by atoms with E-state index < -0.39 is 45.2 Å². The van der Waals surface area contributed by atoms with Crippen molar-refractivity contribution in [1.29, 1.82) is 0 Å². The van der Waals surface area contributed by atoms with Gasteiger partial charge in [-0.25, -0.2) is 22.2 Å². The number of hydrogen-bond acceptors (Lipinski definition) is 9. The first-order valence-electron chi connectivity index (χ1n) is 13.8. The van der Waals surface area contributed by atoms with Gasteiger partial charge in [-0.2, -0.15) is 4.31 Å². The van der Waals surface area contributed by atoms with Crippen LogP contribution in [0.15, 0.2) is 47.6 Å². The fraction of sp³-hybridized carbons (Fsp3) is 0.414. The van der Waals surface area contributed by atoms with Crippen LogP contribution in [0.3, 0.4) is 0 Å². The maximum atomic E-state index is 13.9. The summed E-state index contributed by atoms with van der Waals surface area (Å²) in [4.78, 5) is 21.6. The first kappa shape index (κ1) is 30.0. The van der Waals surface area contributed by atoms with Gasteiger partial charge in [-0.1, -0.05) is 6.07 Å². The van der Waals surface area contributed by atoms with E-state index in [0.717, 1.165) is 0 Å². The second-order valence-corrected chi connectivity index (χ2v) is 13.7. The summed E-state index contributed by atoms with van der Waals surface area (Å²) < 4.78 is 68.7. The molecule has 0 bridgehead atoms. The monoisotopic (exact) mass is 628 g/mol. The van der Waals surface area contributed by atoms with Crippen molar-refractivity contribution in [1.82, 2.24) is 28.9 Å². The molecule has 0 aromatic carbocycles. The van der Waals surface area contributed by atoms with Crippen LogP contribution in [0.4, 0.5) is 8.78 Å². The van der Waals surface area contributed by atoms with E-state index in [9.17, 15) is 27.1 Å². The molecule has 1 N–H and O–H groups in total. The fourth-order valence-corrected chi connectivity index (χ4v) is 7.29. The van der Waals surface area contributed by atoms with Crippen molar-refractivity contribution in [2.45, 2.75) is 57.1 Å². The molecule has 15 heteroatoms. The third-order valence-corrected chi connectivity index (χ3v) is 10.2. The van der Waals surface area contributed by atoms with E-state index in [1.54, 1.807) is 45.9 Å². The molecule has 1 atom stereocenters. The smallest absolute Gasteiger partial charge is 0.310 e. The maximum absolute atomic E-state index is 13.9. The van der Waals surface area contributed by atoms with E-state index in [1.807, 2.05) is 0 Å². The fourth-order valence-electron chi connectivity index (χ4n) is 5.75. The Morgan fingerprint density at radius 3 is 2.57 bits per heavy atom. The lowest BCUT2D eigenvalue weighted by molar-refractivity contribution is -0.166. The number of carboxylic acid groups (broad SMARTS) is 1. The Labute approximate surface area is 251 Å². The summed E-state index contributed by atoms with van der Waals surface area (Å²) in [7, 11) is -4.07. The number of carboxylic acids is 1. The number of aryl methyl sites for hydroxylation is 2. The summed E-state index contributed by atoms with van der Waals surface area (Å²) in [5.74, 6) is -2.48. The predicted molar refractivity (Wildman–Crippen MR) is 151 cm³/mol. The molecular weight excluding hydrogens is 598 g/mol. The normalized spacial score (nSPS) is 18.4. The molecule has 1 saturated heterocycles. The molecule has 2 aliphatic heterocycles. The Morgan fingerprint density at radius 1 is 1.16 bits per heavy atom. The number of rotatable bonds is 7. The highest BCUT2D eigenvalue weighted by Crippen LogP contribution is 2.43. The van der Waals surface area contributed by atoms with Crippen molar-refractivity contribution < 1.29 is 36.6 Å². The van der Waals surface area contributed by atoms with Gasteiger partial charge in [-0.05, 0) is 68.7 Å². The van der Waals surface area contributed by atoms with Crippen molar-refractivity contribution in [2.24, 2.45) is 5.41 Å². The number of halogens is 2. The van der Waals surface area contributed by atoms with Crippen LogP contribution in [0.2, 0.25) is 0 Å². The van der Waals surface area contributed by atoms with Gasteiger partial charge in [0.2, 0.25) is 21.7 Å². The number of ether oxygens (including phenoxy) is 2. The van der Waals surface area contributed by atoms with Crippen molar-refractivity contribution in [2.75, 3.05) is 19.8 Å². The van der Waals surface area contributed by atoms with Crippen LogP contribution < -0.4 is 4.74 Å². The van der Waals surface area contributed by atoms with Crippen LogP contribution in [0, 0.1) is 19.3 Å². The Morgan fingerprint density at radius 2 is 1.91 bits per heavy atom. The summed E-state index contributed by atoms with van der Waals surface area (Å²) in [6.07, 6.45) is 0.00955. The molecule has 4 aromatic rings. The molecule has 6 rings (SSSR count). The molecule has 4 aromatic heterocycles. The molecule has 1 fully saturated rings. The van der Waals surface area contributed by atoms with E-state index in [2.05, 4.69) is 15.2 Å². The zero-order valence-electron chi connectivity index (χ0n) is 24.4. The number of sulfonamides is 1. The average Bonchev–Trinajstić information content (AvgIpc) is 3.36. The maximum Gasteiger partial charge on any atom is 0.310 e. The molecule has 0 aliphatic carbocycles. The number of nitrogens with zero attached hydrogens (tertiary/aromatic N) is 6. The van der Waals surface area contributed by atoms with Gasteiger partial charge < -0.3 is 14.6 Å². The molecule has 0 amide bonds. The van der Waals surface area contributed by atoms with E-state index in [1.165, 1.54) is 33.2 Å². The molecule has 232 valence electrons. The molecule has 12 nitrogen and oxygen atoms in total. The lowest BCUT2D eigenvalue weighted by atomic mass is 9.72. The molecule has 2 aliphatic rings. The molecular formula is C29H30F2N6O6S. The standard InChI is InChI=1S/C29H30F2N6O6S/c1-16-7-8-19(22(28(3,4)27(38)39)18-9-11-37-24(17(18)2)34-35-25(37)23(30)31)33-20(16)12-36-13-29(14-42-15-29)43-26-21(44(36,40)41)6-5-10-32-26/h5-11,22-23H,12-15H2,1-4H3,(H,38,39)/t22-/m1/s1. The lowest BCUT2D eigenvalue weighted by Gasteiger charge is -2.41. The Hall–Kier alpha value is -4.08. The minimum Gasteiger partial charge on any atom is -0.481 e. The van der Waals surface area contributed by atoms with Gasteiger partial charge >= 0.3 is 5.97 Å². The molecule has 6 heterocycles. The van der Waals surface area contributed by atoms with Gasteiger partial charge in [0, 0.05) is 24.0 Å². The number of hydrogen-bond donors (Lipinski definition) is 1. The van der Waals surface area contributed by atoms with Gasteiger partial charge in [-0.3, -0.25) is 14.2 Å². The van der Waals surface area contributed by atoms with Crippen LogP contribution in [0.5, 0.6) is 5.88 Å². The van der Waals surface area contributed by atoms with Crippen molar-refractivity contribution in [3.8, 4) is 5.88 Å². The molecule has 0 radical (unpaired) electrons. The van der Waals surface area contributed by atoms with E-state index >= 15 is 0 Å². The third kappa shape index (κ3) is 4.79. The molecule has 0 saturated carbocycles. The van der Waals surface area contributed by atoms with Crippen molar-refractivity contribution in [3.05, 3.63) is 76.6 Å². The second kappa shape index (κ2) is 10.5. The first-order chi connectivity index (χ1) is 20.7. The van der Waals surface area contributed by atoms with Crippen molar-refractivity contribution in [3.63, 3.8) is 0 Å². The number of alkyl halides is 2. The van der Waals surface area contributed by atoms with Crippen LogP contribution in [0.25, 0.3) is 5.65 Å². The van der Waals surface area contributed by atoms with E-state index in [4.69, 9.17) is 14.5 Å². The highest BCUT2D eigenvalue weighted by atomic mass is 32.2. The SMILES string of the molecule is Cc1ccc([C@@H](c2ccn3c(C(F)F)nnc3c2C)C(C)(C)C(=O)O)nc1CN1CC2(COC2)Oc2ncccc2S1(=O)=O. The molecule has 1 spiro atoms. The minimum atomic E-state index is -4.07. The van der Waals surface area contributed by atoms with Crippen molar-refractivity contribution >= 4 is 21.6 Å². The average molecular weight is 629 g/mol. The largest absolute Gasteiger partial charge is 0.481 e. The zero-order valence-corrected chi connectivity index (χ0v) is 25.2. The molecule has 0 unspecified atom stereocenters. The van der Waals surface area contributed by atoms with Gasteiger partial charge in [0.05, 0.1) is 37.4 Å². The quantitative estimate of drug-likeness (QED) is 0.321. The lowest BCUT2D eigenvalue weighted by Crippen LogP contribution is -2.60.